The number of fused-ring (bicyclic) bond motifs is 1. The third-order valence-corrected chi connectivity index (χ3v) is 6.08. The van der Waals surface area contributed by atoms with E-state index in [4.69, 9.17) is 21.6 Å². The molecule has 4 rings (SSSR count). The Morgan fingerprint density at radius 1 is 1.09 bits per heavy atom. The molecule has 0 aliphatic rings. The summed E-state index contributed by atoms with van der Waals surface area (Å²) in [5, 5.41) is 13.1. The van der Waals surface area contributed by atoms with Crippen LogP contribution in [0.15, 0.2) is 72.8 Å². The van der Waals surface area contributed by atoms with E-state index in [0.717, 1.165) is 26.4 Å². The summed E-state index contributed by atoms with van der Waals surface area (Å²) >= 11 is 7.59. The minimum Gasteiger partial charge on any atom is -0.486 e. The molecule has 3 aromatic carbocycles. The van der Waals surface area contributed by atoms with Gasteiger partial charge in [0.1, 0.15) is 17.4 Å². The van der Waals surface area contributed by atoms with Crippen molar-refractivity contribution in [2.45, 2.75) is 13.0 Å². The number of halogens is 1. The highest BCUT2D eigenvalue weighted by atomic mass is 35.5. The van der Waals surface area contributed by atoms with Crippen LogP contribution in [0.3, 0.4) is 0 Å². The molecule has 164 valence electrons. The average Bonchev–Trinajstić information content (AvgIpc) is 3.26. The highest BCUT2D eigenvalue weighted by Gasteiger charge is 2.13. The molecule has 1 heterocycles. The molecule has 1 aromatic heterocycles. The predicted molar refractivity (Wildman–Crippen MR) is 133 cm³/mol. The number of aromatic nitrogens is 1. The second-order valence-corrected chi connectivity index (χ2v) is 8.71. The first-order valence-electron chi connectivity index (χ1n) is 10.3. The molecule has 7 heteroatoms. The number of thiazole rings is 1. The van der Waals surface area contributed by atoms with Gasteiger partial charge in [0.15, 0.2) is 0 Å². The summed E-state index contributed by atoms with van der Waals surface area (Å²) < 4.78 is 7.04. The standard InChI is InChI=1S/C26H20ClN3O2S/c27-20-10-6-18(7-11-20)16-22(26(31)29-15-3-14-28)19-8-12-21(13-9-19)32-17-25-30-23-4-1-2-5-24(23)33-25/h1-2,4-13,16H,3,15,17H2,(H,29,31). The quantitative estimate of drug-likeness (QED) is 0.190. The summed E-state index contributed by atoms with van der Waals surface area (Å²) in [5.41, 5.74) is 3.05. The van der Waals surface area contributed by atoms with Crippen molar-refractivity contribution in [2.75, 3.05) is 6.54 Å². The van der Waals surface area contributed by atoms with E-state index in [0.29, 0.717) is 23.0 Å². The maximum Gasteiger partial charge on any atom is 0.251 e. The first-order valence-corrected chi connectivity index (χ1v) is 11.5. The van der Waals surface area contributed by atoms with Gasteiger partial charge in [-0.3, -0.25) is 4.79 Å². The Hall–Kier alpha value is -3.66. The number of nitriles is 1. The zero-order valence-corrected chi connectivity index (χ0v) is 19.2. The van der Waals surface area contributed by atoms with Gasteiger partial charge in [-0.1, -0.05) is 48.0 Å². The third-order valence-electron chi connectivity index (χ3n) is 4.81. The largest absolute Gasteiger partial charge is 0.486 e. The molecule has 4 aromatic rings. The molecule has 33 heavy (non-hydrogen) atoms. The van der Waals surface area contributed by atoms with Crippen LogP contribution in [0, 0.1) is 11.3 Å². The molecule has 0 aliphatic carbocycles. The van der Waals surface area contributed by atoms with Gasteiger partial charge in [-0.15, -0.1) is 11.3 Å². The van der Waals surface area contributed by atoms with E-state index in [1.54, 1.807) is 29.5 Å². The Kier molecular flexibility index (Phi) is 7.36. The summed E-state index contributed by atoms with van der Waals surface area (Å²) in [5.74, 6) is 0.442. The van der Waals surface area contributed by atoms with E-state index in [-0.39, 0.29) is 18.9 Å². The smallest absolute Gasteiger partial charge is 0.251 e. The molecular weight excluding hydrogens is 454 g/mol. The van der Waals surface area contributed by atoms with E-state index in [1.165, 1.54) is 0 Å². The lowest BCUT2D eigenvalue weighted by atomic mass is 10.0. The van der Waals surface area contributed by atoms with Gasteiger partial charge in [-0.2, -0.15) is 5.26 Å². The maximum absolute atomic E-state index is 12.8. The van der Waals surface area contributed by atoms with Crippen LogP contribution in [-0.4, -0.2) is 17.4 Å². The second-order valence-electron chi connectivity index (χ2n) is 7.16. The van der Waals surface area contributed by atoms with Gasteiger partial charge in [0.2, 0.25) is 0 Å². The molecule has 5 nitrogen and oxygen atoms in total. The predicted octanol–water partition coefficient (Wildman–Crippen LogP) is 6.10. The highest BCUT2D eigenvalue weighted by Crippen LogP contribution is 2.25. The van der Waals surface area contributed by atoms with Crippen LogP contribution in [0.5, 0.6) is 5.75 Å². The average molecular weight is 474 g/mol. The summed E-state index contributed by atoms with van der Waals surface area (Å²) in [4.78, 5) is 17.4. The van der Waals surface area contributed by atoms with Gasteiger partial charge >= 0.3 is 0 Å². The number of benzene rings is 3. The third kappa shape index (κ3) is 5.98. The molecule has 0 spiro atoms. The SMILES string of the molecule is N#CCCNC(=O)C(=Cc1ccc(Cl)cc1)c1ccc(OCc2nc3ccccc3s2)cc1. The molecule has 0 fully saturated rings. The fraction of sp³-hybridized carbons (Fsp3) is 0.115. The molecule has 0 saturated heterocycles. The van der Waals surface area contributed by atoms with Crippen molar-refractivity contribution in [1.82, 2.24) is 10.3 Å². The van der Waals surface area contributed by atoms with Crippen molar-refractivity contribution >= 4 is 50.7 Å². The van der Waals surface area contributed by atoms with Crippen LogP contribution in [0.1, 0.15) is 22.6 Å². The molecule has 0 unspecified atom stereocenters. The van der Waals surface area contributed by atoms with E-state index in [1.807, 2.05) is 66.7 Å². The lowest BCUT2D eigenvalue weighted by Gasteiger charge is -2.10. The number of nitrogens with zero attached hydrogens (tertiary/aromatic N) is 2. The molecule has 0 aliphatic heterocycles. The molecule has 0 saturated carbocycles. The first-order chi connectivity index (χ1) is 16.1. The van der Waals surface area contributed by atoms with E-state index in [2.05, 4.69) is 10.3 Å². The molecule has 1 N–H and O–H groups in total. The number of carbonyl (C=O) groups is 1. The lowest BCUT2D eigenvalue weighted by Crippen LogP contribution is -2.25. The topological polar surface area (TPSA) is 75.0 Å². The summed E-state index contributed by atoms with van der Waals surface area (Å²) in [6, 6.07) is 24.6. The van der Waals surface area contributed by atoms with Gasteiger partial charge in [-0.05, 0) is 53.6 Å². The normalized spacial score (nSPS) is 11.2. The number of nitrogens with one attached hydrogen (secondary N) is 1. The van der Waals surface area contributed by atoms with Gasteiger partial charge in [-0.25, -0.2) is 4.98 Å². The fourth-order valence-corrected chi connectivity index (χ4v) is 4.20. The Morgan fingerprint density at radius 2 is 1.85 bits per heavy atom. The van der Waals surface area contributed by atoms with E-state index in [9.17, 15) is 4.79 Å². The second kappa shape index (κ2) is 10.8. The monoisotopic (exact) mass is 473 g/mol. The van der Waals surface area contributed by atoms with Gasteiger partial charge in [0.05, 0.1) is 22.7 Å². The van der Waals surface area contributed by atoms with Crippen LogP contribution in [-0.2, 0) is 11.4 Å². The number of amides is 1. The number of hydrogen-bond donors (Lipinski definition) is 1. The van der Waals surface area contributed by atoms with Crippen LogP contribution < -0.4 is 10.1 Å². The van der Waals surface area contributed by atoms with Crippen LogP contribution in [0.4, 0.5) is 0 Å². The fourth-order valence-electron chi connectivity index (χ4n) is 3.19. The number of carbonyl (C=O) groups excluding carboxylic acids is 1. The number of rotatable bonds is 8. The Labute approximate surface area is 200 Å². The van der Waals surface area contributed by atoms with Gasteiger partial charge in [0.25, 0.3) is 5.91 Å². The Bertz CT molecular complexity index is 1290. The van der Waals surface area contributed by atoms with E-state index >= 15 is 0 Å². The van der Waals surface area contributed by atoms with Crippen molar-refractivity contribution in [2.24, 2.45) is 0 Å². The summed E-state index contributed by atoms with van der Waals surface area (Å²) in [7, 11) is 0. The van der Waals surface area contributed by atoms with Crippen LogP contribution in [0.2, 0.25) is 5.02 Å². The zero-order valence-electron chi connectivity index (χ0n) is 17.6. The van der Waals surface area contributed by atoms with Gasteiger partial charge in [0, 0.05) is 17.1 Å². The molecule has 1 amide bonds. The minimum absolute atomic E-state index is 0.247. The maximum atomic E-state index is 12.8. The van der Waals surface area contributed by atoms with Crippen LogP contribution in [0.25, 0.3) is 21.9 Å². The molecule has 0 radical (unpaired) electrons. The van der Waals surface area contributed by atoms with Crippen molar-refractivity contribution in [3.8, 4) is 11.8 Å². The van der Waals surface area contributed by atoms with Crippen molar-refractivity contribution in [1.29, 1.82) is 5.26 Å². The van der Waals surface area contributed by atoms with Crippen molar-refractivity contribution < 1.29 is 9.53 Å². The Morgan fingerprint density at radius 3 is 2.58 bits per heavy atom. The number of para-hydroxylation sites is 1. The molecule has 0 atom stereocenters. The van der Waals surface area contributed by atoms with E-state index < -0.39 is 0 Å². The van der Waals surface area contributed by atoms with Crippen LogP contribution >= 0.6 is 22.9 Å². The highest BCUT2D eigenvalue weighted by molar-refractivity contribution is 7.18. The van der Waals surface area contributed by atoms with Gasteiger partial charge < -0.3 is 10.1 Å². The molecular formula is C26H20ClN3O2S. The van der Waals surface area contributed by atoms with Crippen molar-refractivity contribution in [3.05, 3.63) is 94.0 Å². The number of hydrogen-bond acceptors (Lipinski definition) is 5. The summed E-state index contributed by atoms with van der Waals surface area (Å²) in [6.45, 7) is 0.664. The first kappa shape index (κ1) is 22.5. The van der Waals surface area contributed by atoms with Crippen molar-refractivity contribution in [3.63, 3.8) is 0 Å². The molecule has 0 bridgehead atoms. The Balaban J connectivity index is 1.51. The summed E-state index contributed by atoms with van der Waals surface area (Å²) in [6.07, 6.45) is 2.05. The minimum atomic E-state index is -0.247. The number of ether oxygens (including phenoxy) is 1. The lowest BCUT2D eigenvalue weighted by molar-refractivity contribution is -0.115. The zero-order chi connectivity index (χ0) is 23.0.